The third-order valence-electron chi connectivity index (χ3n) is 6.37. The second-order valence-electron chi connectivity index (χ2n) is 10.0. The minimum Gasteiger partial charge on any atom is -0.444 e. The normalized spacial score (nSPS) is 13.4. The number of hydrogen-bond donors (Lipinski definition) is 1. The summed E-state index contributed by atoms with van der Waals surface area (Å²) in [7, 11) is 0. The number of ether oxygens (including phenoxy) is 1. The Hall–Kier alpha value is -3.68. The molecule has 8 nitrogen and oxygen atoms in total. The van der Waals surface area contributed by atoms with E-state index in [9.17, 15) is 14.4 Å². The van der Waals surface area contributed by atoms with Gasteiger partial charge in [-0.3, -0.25) is 14.5 Å². The van der Waals surface area contributed by atoms with Crippen molar-refractivity contribution in [3.05, 3.63) is 65.0 Å². The molecule has 190 valence electrons. The maximum absolute atomic E-state index is 13.0. The van der Waals surface area contributed by atoms with Crippen LogP contribution in [-0.2, 0) is 30.8 Å². The lowest BCUT2D eigenvalue weighted by atomic mass is 10.1. The monoisotopic (exact) mass is 491 g/mol. The number of hydrogen-bond acceptors (Lipinski definition) is 4. The van der Waals surface area contributed by atoms with E-state index in [2.05, 4.69) is 46.5 Å². The number of fused-ring (bicyclic) bond motifs is 2. The highest BCUT2D eigenvalue weighted by Crippen LogP contribution is 2.25. The Morgan fingerprint density at radius 3 is 2.28 bits per heavy atom. The number of amides is 3. The highest BCUT2D eigenvalue weighted by Gasteiger charge is 2.38. The fourth-order valence-electron chi connectivity index (χ4n) is 4.79. The van der Waals surface area contributed by atoms with Gasteiger partial charge >= 0.3 is 6.09 Å². The third-order valence-corrected chi connectivity index (χ3v) is 6.37. The van der Waals surface area contributed by atoms with E-state index in [-0.39, 0.29) is 18.4 Å². The van der Waals surface area contributed by atoms with Crippen molar-refractivity contribution < 1.29 is 23.7 Å². The molecule has 4 rings (SSSR count). The molecule has 0 aliphatic carbocycles. The van der Waals surface area contributed by atoms with Crippen molar-refractivity contribution in [2.45, 2.75) is 72.7 Å². The van der Waals surface area contributed by atoms with Gasteiger partial charge in [0.25, 0.3) is 17.6 Å². The maximum Gasteiger partial charge on any atom is 0.407 e. The SMILES string of the molecule is CCn1c(CN2C(=O)c3ccccc3C2=O)[n+](CC)c2ccc(CCCNC(=O)OC(C)(C)C)cc21. The molecule has 0 unspecified atom stereocenters. The molecular weight excluding hydrogens is 456 g/mol. The lowest BCUT2D eigenvalue weighted by molar-refractivity contribution is -0.677. The van der Waals surface area contributed by atoms with Crippen LogP contribution < -0.4 is 9.88 Å². The summed E-state index contributed by atoms with van der Waals surface area (Å²) in [5.41, 5.74) is 3.72. The number of imidazole rings is 1. The van der Waals surface area contributed by atoms with Gasteiger partial charge in [0, 0.05) is 6.54 Å². The summed E-state index contributed by atoms with van der Waals surface area (Å²) in [5, 5.41) is 2.81. The Bertz CT molecular complexity index is 1280. The van der Waals surface area contributed by atoms with Gasteiger partial charge in [-0.1, -0.05) is 18.2 Å². The molecule has 1 aliphatic heterocycles. The molecule has 8 heteroatoms. The molecule has 0 radical (unpaired) electrons. The highest BCUT2D eigenvalue weighted by molar-refractivity contribution is 6.21. The number of carbonyl (C=O) groups excluding carboxylic acids is 3. The van der Waals surface area contributed by atoms with Crippen LogP contribution in [0.25, 0.3) is 11.0 Å². The van der Waals surface area contributed by atoms with Crippen LogP contribution in [0.5, 0.6) is 0 Å². The topological polar surface area (TPSA) is 84.5 Å². The smallest absolute Gasteiger partial charge is 0.407 e. The van der Waals surface area contributed by atoms with Crippen molar-refractivity contribution in [2.24, 2.45) is 0 Å². The second kappa shape index (κ2) is 10.1. The first kappa shape index (κ1) is 25.4. The third kappa shape index (κ3) is 4.98. The molecule has 2 aromatic carbocycles. The van der Waals surface area contributed by atoms with E-state index in [4.69, 9.17) is 4.74 Å². The molecule has 1 aromatic heterocycles. The van der Waals surface area contributed by atoms with Gasteiger partial charge in [-0.2, -0.15) is 0 Å². The van der Waals surface area contributed by atoms with Crippen molar-refractivity contribution in [1.29, 1.82) is 0 Å². The lowest BCUT2D eigenvalue weighted by Crippen LogP contribution is -2.41. The van der Waals surface area contributed by atoms with Crippen LogP contribution in [-0.4, -0.2) is 39.5 Å². The Morgan fingerprint density at radius 1 is 1.03 bits per heavy atom. The summed E-state index contributed by atoms with van der Waals surface area (Å²) in [6.45, 7) is 11.9. The Morgan fingerprint density at radius 2 is 1.69 bits per heavy atom. The van der Waals surface area contributed by atoms with Crippen molar-refractivity contribution in [3.8, 4) is 0 Å². The number of alkyl carbamates (subject to hydrolysis) is 1. The summed E-state index contributed by atoms with van der Waals surface area (Å²) in [5.74, 6) is 0.432. The van der Waals surface area contributed by atoms with Crippen LogP contribution in [0, 0.1) is 0 Å². The highest BCUT2D eigenvalue weighted by atomic mass is 16.6. The zero-order valence-electron chi connectivity index (χ0n) is 21.8. The zero-order chi connectivity index (χ0) is 26.0. The first-order chi connectivity index (χ1) is 17.1. The number of aryl methyl sites for hydroxylation is 3. The number of imide groups is 1. The van der Waals surface area contributed by atoms with E-state index in [0.29, 0.717) is 24.2 Å². The molecule has 1 N–H and O–H groups in total. The lowest BCUT2D eigenvalue weighted by Gasteiger charge is -2.19. The van der Waals surface area contributed by atoms with Crippen molar-refractivity contribution in [3.63, 3.8) is 0 Å². The van der Waals surface area contributed by atoms with E-state index < -0.39 is 11.7 Å². The molecule has 1 aliphatic rings. The quantitative estimate of drug-likeness (QED) is 0.290. The average molecular weight is 492 g/mol. The molecule has 0 saturated heterocycles. The van der Waals surface area contributed by atoms with Crippen molar-refractivity contribution in [2.75, 3.05) is 6.54 Å². The zero-order valence-corrected chi connectivity index (χ0v) is 21.8. The van der Waals surface area contributed by atoms with Crippen LogP contribution in [0.2, 0.25) is 0 Å². The molecule has 3 aromatic rings. The van der Waals surface area contributed by atoms with Gasteiger partial charge < -0.3 is 10.1 Å². The summed E-state index contributed by atoms with van der Waals surface area (Å²) in [6, 6.07) is 13.4. The van der Waals surface area contributed by atoms with Gasteiger partial charge in [0.15, 0.2) is 11.0 Å². The first-order valence-electron chi connectivity index (χ1n) is 12.6. The van der Waals surface area contributed by atoms with E-state index >= 15 is 0 Å². The fraction of sp³-hybridized carbons (Fsp3) is 0.429. The average Bonchev–Trinajstić information content (AvgIpc) is 3.26. The standard InChI is InChI=1S/C28H34N4O4/c1-6-30-22-15-14-19(11-10-16-29-27(35)36-28(3,4)5)17-23(22)31(7-2)24(30)18-32-25(33)20-12-8-9-13-21(20)26(32)34/h8-9,12-15,17H,6-7,10-11,16,18H2,1-5H3/p+1. The van der Waals surface area contributed by atoms with Gasteiger partial charge in [-0.25, -0.2) is 13.9 Å². The van der Waals surface area contributed by atoms with Gasteiger partial charge in [-0.15, -0.1) is 0 Å². The van der Waals surface area contributed by atoms with Crippen LogP contribution in [0.1, 0.15) is 73.1 Å². The number of aromatic nitrogens is 2. The largest absolute Gasteiger partial charge is 0.444 e. The molecule has 36 heavy (non-hydrogen) atoms. The minimum absolute atomic E-state index is 0.220. The van der Waals surface area contributed by atoms with Crippen molar-refractivity contribution >= 4 is 28.9 Å². The first-order valence-corrected chi connectivity index (χ1v) is 12.6. The number of benzene rings is 2. The van der Waals surface area contributed by atoms with E-state index in [1.165, 1.54) is 4.90 Å². The van der Waals surface area contributed by atoms with E-state index in [0.717, 1.165) is 41.8 Å². The molecular formula is C28H35N4O4+. The molecule has 0 bridgehead atoms. The summed E-state index contributed by atoms with van der Waals surface area (Å²) in [6.07, 6.45) is 1.19. The van der Waals surface area contributed by atoms with Crippen LogP contribution in [0.15, 0.2) is 42.5 Å². The number of nitrogens with zero attached hydrogens (tertiary/aromatic N) is 3. The van der Waals surface area contributed by atoms with E-state index in [1.807, 2.05) is 20.8 Å². The maximum atomic E-state index is 13.0. The van der Waals surface area contributed by atoms with E-state index in [1.54, 1.807) is 24.3 Å². The Kier molecular flexibility index (Phi) is 7.15. The van der Waals surface area contributed by atoms with Crippen LogP contribution >= 0.6 is 0 Å². The van der Waals surface area contributed by atoms with Crippen LogP contribution in [0.3, 0.4) is 0 Å². The van der Waals surface area contributed by atoms with Gasteiger partial charge in [0.1, 0.15) is 12.1 Å². The predicted octanol–water partition coefficient (Wildman–Crippen LogP) is 4.22. The second-order valence-corrected chi connectivity index (χ2v) is 10.0. The summed E-state index contributed by atoms with van der Waals surface area (Å²) >= 11 is 0. The molecule has 0 saturated carbocycles. The van der Waals surface area contributed by atoms with Crippen LogP contribution in [0.4, 0.5) is 4.79 Å². The molecule has 0 atom stereocenters. The number of carbonyl (C=O) groups is 3. The Labute approximate surface area is 211 Å². The van der Waals surface area contributed by atoms with Gasteiger partial charge in [0.05, 0.1) is 24.2 Å². The molecule has 0 fully saturated rings. The molecule has 2 heterocycles. The Balaban J connectivity index is 1.53. The minimum atomic E-state index is -0.514. The van der Waals surface area contributed by atoms with Gasteiger partial charge in [-0.05, 0) is 77.3 Å². The number of nitrogens with one attached hydrogen (secondary N) is 1. The van der Waals surface area contributed by atoms with Crippen molar-refractivity contribution in [1.82, 2.24) is 14.8 Å². The summed E-state index contributed by atoms with van der Waals surface area (Å²) in [4.78, 5) is 39.2. The molecule has 3 amide bonds. The predicted molar refractivity (Wildman–Crippen MR) is 137 cm³/mol. The summed E-state index contributed by atoms with van der Waals surface area (Å²) < 4.78 is 9.65. The van der Waals surface area contributed by atoms with Gasteiger partial charge in [0.2, 0.25) is 0 Å². The number of rotatable bonds is 8. The fourth-order valence-corrected chi connectivity index (χ4v) is 4.79. The molecule has 0 spiro atoms.